The minimum absolute atomic E-state index is 0.0241. The van der Waals surface area contributed by atoms with Crippen LogP contribution in [0.2, 0.25) is 5.02 Å². The molecule has 0 atom stereocenters. The Morgan fingerprint density at radius 3 is 2.28 bits per heavy atom. The van der Waals surface area contributed by atoms with Gasteiger partial charge in [-0.2, -0.15) is 13.2 Å². The molecular weight excluding hydrogens is 461 g/mol. The molecule has 5 nitrogen and oxygen atoms in total. The molecular formula is C22H22ClF3N4OS. The summed E-state index contributed by atoms with van der Waals surface area (Å²) in [6, 6.07) is 10.8. The van der Waals surface area contributed by atoms with Crippen LogP contribution < -0.4 is 5.32 Å². The molecule has 0 aliphatic heterocycles. The highest BCUT2D eigenvalue weighted by molar-refractivity contribution is 7.99. The number of thioether (sulfide) groups is 1. The second-order valence-electron chi connectivity index (χ2n) is 8.22. The van der Waals surface area contributed by atoms with Gasteiger partial charge in [0.1, 0.15) is 0 Å². The number of amides is 1. The first kappa shape index (κ1) is 24.1. The van der Waals surface area contributed by atoms with Crippen molar-refractivity contribution in [1.82, 2.24) is 14.8 Å². The fraction of sp³-hybridized carbons (Fsp3) is 0.318. The molecule has 1 N–H and O–H groups in total. The van der Waals surface area contributed by atoms with Crippen LogP contribution >= 0.6 is 23.4 Å². The van der Waals surface area contributed by atoms with E-state index in [1.54, 1.807) is 11.6 Å². The summed E-state index contributed by atoms with van der Waals surface area (Å²) in [5, 5.41) is 11.3. The standard InChI is InChI=1S/C22H22ClF3N4OS/c1-21(2,3)14-7-5-13(6-8-14)19-28-29-20(30(19)4)32-12-18(31)27-17-11-15(22(24,25)26)9-10-16(17)23/h5-11H,12H2,1-4H3,(H,27,31). The number of halogens is 4. The van der Waals surface area contributed by atoms with Crippen LogP contribution in [0.4, 0.5) is 18.9 Å². The summed E-state index contributed by atoms with van der Waals surface area (Å²) >= 11 is 7.05. The van der Waals surface area contributed by atoms with Gasteiger partial charge in [-0.3, -0.25) is 4.79 Å². The number of nitrogens with zero attached hydrogens (tertiary/aromatic N) is 3. The molecule has 1 amide bonds. The summed E-state index contributed by atoms with van der Waals surface area (Å²) in [4.78, 5) is 12.3. The maximum Gasteiger partial charge on any atom is 0.416 e. The number of carbonyl (C=O) groups is 1. The van der Waals surface area contributed by atoms with Gasteiger partial charge in [-0.1, -0.05) is 68.4 Å². The van der Waals surface area contributed by atoms with Crippen molar-refractivity contribution < 1.29 is 18.0 Å². The van der Waals surface area contributed by atoms with Crippen molar-refractivity contribution in [3.8, 4) is 11.4 Å². The number of hydrogen-bond donors (Lipinski definition) is 1. The number of nitrogens with one attached hydrogen (secondary N) is 1. The summed E-state index contributed by atoms with van der Waals surface area (Å²) in [5.74, 6) is 0.0752. The van der Waals surface area contributed by atoms with Crippen LogP contribution in [0.3, 0.4) is 0 Å². The molecule has 0 radical (unpaired) electrons. The number of anilines is 1. The normalized spacial score (nSPS) is 12.1. The third-order valence-corrected chi connectivity index (χ3v) is 6.09. The van der Waals surface area contributed by atoms with Crippen LogP contribution in [0, 0.1) is 0 Å². The predicted octanol–water partition coefficient (Wildman–Crippen LogP) is 6.18. The molecule has 0 aliphatic carbocycles. The average Bonchev–Trinajstić information content (AvgIpc) is 3.07. The Morgan fingerprint density at radius 1 is 1.06 bits per heavy atom. The van der Waals surface area contributed by atoms with E-state index >= 15 is 0 Å². The van der Waals surface area contributed by atoms with Gasteiger partial charge in [0.2, 0.25) is 5.91 Å². The molecule has 0 aliphatic rings. The SMILES string of the molecule is Cn1c(SCC(=O)Nc2cc(C(F)(F)F)ccc2Cl)nnc1-c1ccc(C(C)(C)C)cc1. The quantitative estimate of drug-likeness (QED) is 0.441. The lowest BCUT2D eigenvalue weighted by Crippen LogP contribution is -2.16. The van der Waals surface area contributed by atoms with Crippen LogP contribution in [-0.2, 0) is 23.4 Å². The molecule has 2 aromatic carbocycles. The van der Waals surface area contributed by atoms with Crippen molar-refractivity contribution >= 4 is 35.0 Å². The molecule has 1 aromatic heterocycles. The molecule has 3 aromatic rings. The van der Waals surface area contributed by atoms with E-state index in [0.717, 1.165) is 35.5 Å². The van der Waals surface area contributed by atoms with Gasteiger partial charge >= 0.3 is 6.18 Å². The Kier molecular flexibility index (Phi) is 6.90. The lowest BCUT2D eigenvalue weighted by atomic mass is 9.87. The van der Waals surface area contributed by atoms with Crippen LogP contribution in [0.5, 0.6) is 0 Å². The van der Waals surface area contributed by atoms with E-state index in [9.17, 15) is 18.0 Å². The van der Waals surface area contributed by atoms with Crippen molar-refractivity contribution in [2.24, 2.45) is 7.05 Å². The lowest BCUT2D eigenvalue weighted by Gasteiger charge is -2.19. The molecule has 3 rings (SSSR count). The fourth-order valence-electron chi connectivity index (χ4n) is 2.93. The van der Waals surface area contributed by atoms with Gasteiger partial charge in [-0.05, 0) is 29.2 Å². The summed E-state index contributed by atoms with van der Waals surface area (Å²) < 4.78 is 40.5. The third kappa shape index (κ3) is 5.63. The number of benzene rings is 2. The third-order valence-electron chi connectivity index (χ3n) is 4.74. The van der Waals surface area contributed by atoms with Crippen molar-refractivity contribution in [3.63, 3.8) is 0 Å². The van der Waals surface area contributed by atoms with E-state index in [-0.39, 0.29) is 21.9 Å². The van der Waals surface area contributed by atoms with Gasteiger partial charge in [0.15, 0.2) is 11.0 Å². The van der Waals surface area contributed by atoms with Crippen LogP contribution in [-0.4, -0.2) is 26.4 Å². The first-order chi connectivity index (χ1) is 14.9. The molecule has 1 heterocycles. The molecule has 0 unspecified atom stereocenters. The van der Waals surface area contributed by atoms with Crippen molar-refractivity contribution in [2.45, 2.75) is 37.5 Å². The molecule has 0 fully saturated rings. The van der Waals surface area contributed by atoms with E-state index in [1.165, 1.54) is 5.56 Å². The van der Waals surface area contributed by atoms with Gasteiger partial charge in [0, 0.05) is 12.6 Å². The summed E-state index contributed by atoms with van der Waals surface area (Å²) in [7, 11) is 1.79. The number of hydrogen-bond acceptors (Lipinski definition) is 4. The maximum atomic E-state index is 12.9. The number of alkyl halides is 3. The van der Waals surface area contributed by atoms with Gasteiger partial charge in [0.05, 0.1) is 22.0 Å². The smallest absolute Gasteiger partial charge is 0.324 e. The molecule has 0 bridgehead atoms. The Hall–Kier alpha value is -2.52. The zero-order chi connectivity index (χ0) is 23.7. The van der Waals surface area contributed by atoms with Gasteiger partial charge < -0.3 is 9.88 Å². The maximum absolute atomic E-state index is 12.9. The van der Waals surface area contributed by atoms with Crippen molar-refractivity contribution in [1.29, 1.82) is 0 Å². The van der Waals surface area contributed by atoms with Crippen LogP contribution in [0.25, 0.3) is 11.4 Å². The topological polar surface area (TPSA) is 59.8 Å². The summed E-state index contributed by atoms with van der Waals surface area (Å²) in [6.07, 6.45) is -4.53. The predicted molar refractivity (Wildman–Crippen MR) is 121 cm³/mol. The van der Waals surface area contributed by atoms with E-state index in [4.69, 9.17) is 11.6 Å². The van der Waals surface area contributed by atoms with Gasteiger partial charge in [0.25, 0.3) is 0 Å². The molecule has 10 heteroatoms. The Bertz CT molecular complexity index is 1120. The lowest BCUT2D eigenvalue weighted by molar-refractivity contribution is -0.137. The van der Waals surface area contributed by atoms with Gasteiger partial charge in [-0.15, -0.1) is 10.2 Å². The van der Waals surface area contributed by atoms with E-state index in [1.807, 2.05) is 24.3 Å². The Labute approximate surface area is 193 Å². The van der Waals surface area contributed by atoms with E-state index in [0.29, 0.717) is 11.0 Å². The molecule has 170 valence electrons. The zero-order valence-corrected chi connectivity index (χ0v) is 19.5. The second kappa shape index (κ2) is 9.15. The second-order valence-corrected chi connectivity index (χ2v) is 9.57. The Morgan fingerprint density at radius 2 is 1.69 bits per heavy atom. The van der Waals surface area contributed by atoms with Crippen molar-refractivity contribution in [3.05, 3.63) is 58.6 Å². The zero-order valence-electron chi connectivity index (χ0n) is 17.9. The molecule has 32 heavy (non-hydrogen) atoms. The number of carbonyl (C=O) groups excluding carboxylic acids is 1. The highest BCUT2D eigenvalue weighted by atomic mass is 35.5. The number of aromatic nitrogens is 3. The fourth-order valence-corrected chi connectivity index (χ4v) is 3.80. The molecule has 0 spiro atoms. The molecule has 0 saturated carbocycles. The summed E-state index contributed by atoms with van der Waals surface area (Å²) in [5.41, 5.74) is 1.14. The molecule has 0 saturated heterocycles. The van der Waals surface area contributed by atoms with E-state index in [2.05, 4.69) is 36.3 Å². The average molecular weight is 483 g/mol. The highest BCUT2D eigenvalue weighted by Gasteiger charge is 2.31. The van der Waals surface area contributed by atoms with Crippen molar-refractivity contribution in [2.75, 3.05) is 11.1 Å². The van der Waals surface area contributed by atoms with E-state index < -0.39 is 17.6 Å². The number of rotatable bonds is 5. The first-order valence-corrected chi connectivity index (χ1v) is 11.0. The first-order valence-electron chi connectivity index (χ1n) is 9.66. The minimum Gasteiger partial charge on any atom is -0.324 e. The monoisotopic (exact) mass is 482 g/mol. The van der Waals surface area contributed by atoms with Crippen LogP contribution in [0.15, 0.2) is 47.6 Å². The van der Waals surface area contributed by atoms with Crippen LogP contribution in [0.1, 0.15) is 31.9 Å². The largest absolute Gasteiger partial charge is 0.416 e. The highest BCUT2D eigenvalue weighted by Crippen LogP contribution is 2.34. The van der Waals surface area contributed by atoms with Gasteiger partial charge in [-0.25, -0.2) is 0 Å². The summed E-state index contributed by atoms with van der Waals surface area (Å²) in [6.45, 7) is 6.41. The Balaban J connectivity index is 1.67. The minimum atomic E-state index is -4.53.